The number of nitrogens with one attached hydrogen (secondary N) is 1. The van der Waals surface area contributed by atoms with Crippen molar-refractivity contribution < 1.29 is 49.5 Å². The Bertz CT molecular complexity index is 647. The van der Waals surface area contributed by atoms with E-state index in [0.717, 1.165) is 12.0 Å². The summed E-state index contributed by atoms with van der Waals surface area (Å²) in [4.78, 5) is 4.64. The minimum absolute atomic E-state index is 0. The summed E-state index contributed by atoms with van der Waals surface area (Å²) >= 11 is 0.938. The molecule has 0 heterocycles. The molecule has 0 spiro atoms. The van der Waals surface area contributed by atoms with Crippen LogP contribution in [-0.4, -0.2) is 39.9 Å². The average molecular weight is 349 g/mol. The molecule has 21 heavy (non-hydrogen) atoms. The third kappa shape index (κ3) is 8.08. The molecule has 1 rings (SSSR count). The van der Waals surface area contributed by atoms with Gasteiger partial charge in [-0.1, -0.05) is 6.07 Å². The van der Waals surface area contributed by atoms with Gasteiger partial charge in [0.05, 0.1) is 20.8 Å². The minimum Gasteiger partial charge on any atom is -0.748 e. The SMILES string of the molecule is CSOOc1cccc(S(=O)(=O)NCCS(=O)(=O)[O-])c1.[Li+]. The summed E-state index contributed by atoms with van der Waals surface area (Å²) in [7, 11) is -8.40. The predicted octanol–water partition coefficient (Wildman–Crippen LogP) is -2.90. The Morgan fingerprint density at radius 3 is 2.52 bits per heavy atom. The standard InChI is InChI=1S/C9H13NO7S3.Li/c1-18-17-16-8-3-2-4-9(7-8)20(14,15)10-5-6-19(11,12)13;/h2-4,7,10H,5-6H2,1H3,(H,11,12,13);/q;+1/p-1. The van der Waals surface area contributed by atoms with Crippen molar-refractivity contribution in [2.24, 2.45) is 0 Å². The summed E-state index contributed by atoms with van der Waals surface area (Å²) in [6.45, 7) is -0.499. The van der Waals surface area contributed by atoms with Gasteiger partial charge in [-0.05, 0) is 12.1 Å². The van der Waals surface area contributed by atoms with Crippen molar-refractivity contribution in [1.29, 1.82) is 0 Å². The zero-order valence-corrected chi connectivity index (χ0v) is 13.8. The summed E-state index contributed by atoms with van der Waals surface area (Å²) < 4.78 is 61.5. The van der Waals surface area contributed by atoms with Crippen molar-refractivity contribution in [1.82, 2.24) is 4.72 Å². The van der Waals surface area contributed by atoms with Gasteiger partial charge in [0.25, 0.3) is 0 Å². The van der Waals surface area contributed by atoms with Crippen LogP contribution in [0.15, 0.2) is 29.2 Å². The molecule has 0 saturated heterocycles. The Hall–Kier alpha value is -0.253. The van der Waals surface area contributed by atoms with Crippen LogP contribution in [0.4, 0.5) is 0 Å². The largest absolute Gasteiger partial charge is 1.00 e. The van der Waals surface area contributed by atoms with E-state index in [-0.39, 0.29) is 29.5 Å². The van der Waals surface area contributed by atoms with Gasteiger partial charge in [0.15, 0.2) is 5.75 Å². The molecule has 0 amide bonds. The van der Waals surface area contributed by atoms with Gasteiger partial charge in [0.2, 0.25) is 10.0 Å². The molecule has 114 valence electrons. The smallest absolute Gasteiger partial charge is 0.748 e. The molecule has 0 aliphatic heterocycles. The molecule has 0 atom stereocenters. The predicted molar refractivity (Wildman–Crippen MR) is 71.4 cm³/mol. The van der Waals surface area contributed by atoms with Crippen LogP contribution in [0.3, 0.4) is 0 Å². The van der Waals surface area contributed by atoms with E-state index in [1.165, 1.54) is 24.3 Å². The second kappa shape index (κ2) is 9.01. The molecule has 0 unspecified atom stereocenters. The van der Waals surface area contributed by atoms with Crippen LogP contribution in [0.5, 0.6) is 5.75 Å². The first kappa shape index (κ1) is 20.7. The monoisotopic (exact) mass is 349 g/mol. The zero-order valence-electron chi connectivity index (χ0n) is 11.3. The van der Waals surface area contributed by atoms with Gasteiger partial charge in [-0.15, -0.1) is 4.33 Å². The molecular weight excluding hydrogens is 337 g/mol. The molecule has 0 aliphatic rings. The average Bonchev–Trinajstić information content (AvgIpc) is 2.35. The Balaban J connectivity index is 0.00000400. The van der Waals surface area contributed by atoms with Crippen LogP contribution >= 0.6 is 12.0 Å². The van der Waals surface area contributed by atoms with Gasteiger partial charge in [-0.3, -0.25) is 0 Å². The molecule has 8 nitrogen and oxygen atoms in total. The van der Waals surface area contributed by atoms with Crippen LogP contribution in [0.25, 0.3) is 0 Å². The van der Waals surface area contributed by atoms with Crippen LogP contribution in [-0.2, 0) is 24.5 Å². The Labute approximate surface area is 139 Å². The van der Waals surface area contributed by atoms with Crippen molar-refractivity contribution in [2.45, 2.75) is 4.90 Å². The second-order valence-electron chi connectivity index (χ2n) is 3.45. The van der Waals surface area contributed by atoms with Gasteiger partial charge in [-0.2, -0.15) is 0 Å². The normalized spacial score (nSPS) is 11.7. The van der Waals surface area contributed by atoms with Gasteiger partial charge in [0.1, 0.15) is 0 Å². The Morgan fingerprint density at radius 1 is 1.29 bits per heavy atom. The molecule has 0 radical (unpaired) electrons. The summed E-state index contributed by atoms with van der Waals surface area (Å²) in [5.41, 5.74) is 0. The molecule has 1 N–H and O–H groups in total. The van der Waals surface area contributed by atoms with Crippen molar-refractivity contribution in [3.8, 4) is 5.75 Å². The molecule has 0 bridgehead atoms. The fraction of sp³-hybridized carbons (Fsp3) is 0.333. The van der Waals surface area contributed by atoms with Crippen LogP contribution < -0.4 is 28.5 Å². The van der Waals surface area contributed by atoms with Crippen molar-refractivity contribution in [3.63, 3.8) is 0 Å². The minimum atomic E-state index is -4.47. The Kier molecular flexibility index (Phi) is 8.91. The van der Waals surface area contributed by atoms with E-state index in [1.54, 1.807) is 6.26 Å². The van der Waals surface area contributed by atoms with Crippen LogP contribution in [0, 0.1) is 0 Å². The molecule has 12 heteroatoms. The zero-order chi connectivity index (χ0) is 15.2. The van der Waals surface area contributed by atoms with Crippen LogP contribution in [0.1, 0.15) is 0 Å². The topological polar surface area (TPSA) is 122 Å². The van der Waals surface area contributed by atoms with E-state index in [9.17, 15) is 21.4 Å². The molecule has 1 aromatic rings. The third-order valence-corrected chi connectivity index (χ3v) is 4.33. The summed E-state index contributed by atoms with van der Waals surface area (Å²) in [6, 6.07) is 5.40. The van der Waals surface area contributed by atoms with Crippen molar-refractivity contribution >= 4 is 32.2 Å². The van der Waals surface area contributed by atoms with Gasteiger partial charge in [-0.25, -0.2) is 21.6 Å². The fourth-order valence-electron chi connectivity index (χ4n) is 1.15. The van der Waals surface area contributed by atoms with Crippen molar-refractivity contribution in [3.05, 3.63) is 24.3 Å². The third-order valence-electron chi connectivity index (χ3n) is 1.96. The van der Waals surface area contributed by atoms with Gasteiger partial charge in [0, 0.05) is 30.9 Å². The molecule has 0 aromatic heterocycles. The maximum atomic E-state index is 11.8. The van der Waals surface area contributed by atoms with Gasteiger partial charge < -0.3 is 9.44 Å². The first-order valence-electron chi connectivity index (χ1n) is 5.15. The van der Waals surface area contributed by atoms with E-state index in [0.29, 0.717) is 0 Å². The van der Waals surface area contributed by atoms with E-state index >= 15 is 0 Å². The summed E-state index contributed by atoms with van der Waals surface area (Å²) in [5, 5.41) is 0. The number of rotatable bonds is 8. The number of hydrogen-bond donors (Lipinski definition) is 1. The maximum Gasteiger partial charge on any atom is 1.00 e. The molecule has 0 saturated carbocycles. The number of sulfonamides is 1. The quantitative estimate of drug-likeness (QED) is 0.174. The summed E-state index contributed by atoms with van der Waals surface area (Å²) in [5.74, 6) is -0.656. The number of benzene rings is 1. The molecule has 0 aliphatic carbocycles. The maximum absolute atomic E-state index is 11.8. The van der Waals surface area contributed by atoms with Gasteiger partial charge >= 0.3 is 18.9 Å². The molecular formula is C9H12LiNO7S3. The first-order chi connectivity index (χ1) is 9.24. The number of hydrogen-bond acceptors (Lipinski definition) is 8. The van der Waals surface area contributed by atoms with E-state index in [1.807, 2.05) is 4.72 Å². The first-order valence-corrected chi connectivity index (χ1v) is 9.36. The summed E-state index contributed by atoms with van der Waals surface area (Å²) in [6.07, 6.45) is 1.62. The second-order valence-corrected chi connectivity index (χ2v) is 7.21. The van der Waals surface area contributed by atoms with E-state index in [2.05, 4.69) is 4.33 Å². The van der Waals surface area contributed by atoms with Crippen LogP contribution in [0.2, 0.25) is 0 Å². The van der Waals surface area contributed by atoms with Crippen molar-refractivity contribution in [2.75, 3.05) is 18.6 Å². The van der Waals surface area contributed by atoms with E-state index < -0.39 is 32.4 Å². The molecule has 1 aromatic carbocycles. The molecule has 0 fully saturated rings. The fourth-order valence-corrected chi connectivity index (χ4v) is 2.85. The van der Waals surface area contributed by atoms with E-state index in [4.69, 9.17) is 4.89 Å². The Morgan fingerprint density at radius 2 is 1.95 bits per heavy atom.